The Morgan fingerprint density at radius 3 is 1.97 bits per heavy atom. The molecule has 0 radical (unpaired) electrons. The SMILES string of the molecule is N#CC(C#N)=Cc1ccc(N=Nc2sc(N3CCOCC3)c(-c3ccccc3)c2-c2ccccc2)cc1. The van der Waals surface area contributed by atoms with Gasteiger partial charge < -0.3 is 9.64 Å². The molecule has 2 heterocycles. The van der Waals surface area contributed by atoms with Gasteiger partial charge in [-0.05, 0) is 34.9 Å². The van der Waals surface area contributed by atoms with Crippen LogP contribution >= 0.6 is 11.3 Å². The summed E-state index contributed by atoms with van der Waals surface area (Å²) in [5, 5.41) is 29.3. The summed E-state index contributed by atoms with van der Waals surface area (Å²) >= 11 is 1.65. The van der Waals surface area contributed by atoms with Gasteiger partial charge in [-0.2, -0.15) is 10.5 Å². The van der Waals surface area contributed by atoms with Crippen LogP contribution in [-0.4, -0.2) is 26.3 Å². The van der Waals surface area contributed by atoms with E-state index in [-0.39, 0.29) is 5.57 Å². The summed E-state index contributed by atoms with van der Waals surface area (Å²) in [6.45, 7) is 3.05. The van der Waals surface area contributed by atoms with Crippen molar-refractivity contribution in [2.45, 2.75) is 0 Å². The second kappa shape index (κ2) is 11.5. The zero-order chi connectivity index (χ0) is 25.5. The molecule has 5 rings (SSSR count). The lowest BCUT2D eigenvalue weighted by atomic mass is 9.97. The Bertz CT molecular complexity index is 1490. The Morgan fingerprint density at radius 2 is 1.38 bits per heavy atom. The molecule has 6 nitrogen and oxygen atoms in total. The molecule has 0 bridgehead atoms. The lowest BCUT2D eigenvalue weighted by molar-refractivity contribution is 0.123. The smallest absolute Gasteiger partial charge is 0.149 e. The highest BCUT2D eigenvalue weighted by Gasteiger charge is 2.25. The van der Waals surface area contributed by atoms with Crippen molar-refractivity contribution in [3.63, 3.8) is 0 Å². The number of rotatable bonds is 6. The fourth-order valence-electron chi connectivity index (χ4n) is 4.21. The quantitative estimate of drug-likeness (QED) is 0.200. The summed E-state index contributed by atoms with van der Waals surface area (Å²) in [6.07, 6.45) is 1.55. The molecule has 180 valence electrons. The van der Waals surface area contributed by atoms with Crippen molar-refractivity contribution in [3.05, 3.63) is 96.1 Å². The van der Waals surface area contributed by atoms with Gasteiger partial charge in [-0.15, -0.1) is 10.2 Å². The highest BCUT2D eigenvalue weighted by atomic mass is 32.1. The molecule has 0 N–H and O–H groups in total. The predicted molar refractivity (Wildman–Crippen MR) is 148 cm³/mol. The Labute approximate surface area is 220 Å². The molecular formula is C30H23N5OS. The number of nitriles is 2. The third kappa shape index (κ3) is 5.49. The highest BCUT2D eigenvalue weighted by molar-refractivity contribution is 7.21. The van der Waals surface area contributed by atoms with E-state index in [9.17, 15) is 0 Å². The normalized spacial score (nSPS) is 13.2. The largest absolute Gasteiger partial charge is 0.378 e. The maximum absolute atomic E-state index is 8.99. The van der Waals surface area contributed by atoms with Gasteiger partial charge in [-0.1, -0.05) is 84.1 Å². The number of morpholine rings is 1. The van der Waals surface area contributed by atoms with Gasteiger partial charge in [0.05, 0.1) is 18.9 Å². The van der Waals surface area contributed by atoms with Crippen LogP contribution in [0, 0.1) is 22.7 Å². The molecular weight excluding hydrogens is 478 g/mol. The Hall–Kier alpha value is -4.56. The maximum atomic E-state index is 8.99. The topological polar surface area (TPSA) is 84.8 Å². The molecule has 1 aliphatic heterocycles. The Morgan fingerprint density at radius 1 is 0.784 bits per heavy atom. The van der Waals surface area contributed by atoms with Crippen LogP contribution in [0.15, 0.2) is 101 Å². The first-order valence-corrected chi connectivity index (χ1v) is 12.7. The minimum Gasteiger partial charge on any atom is -0.378 e. The van der Waals surface area contributed by atoms with Gasteiger partial charge in [0.1, 0.15) is 27.7 Å². The Kier molecular flexibility index (Phi) is 7.47. The number of benzene rings is 3. The van der Waals surface area contributed by atoms with Crippen molar-refractivity contribution in [1.29, 1.82) is 10.5 Å². The number of azo groups is 1. The molecule has 0 spiro atoms. The van der Waals surface area contributed by atoms with Gasteiger partial charge >= 0.3 is 0 Å². The molecule has 0 saturated carbocycles. The number of thiophene rings is 1. The molecule has 0 atom stereocenters. The van der Waals surface area contributed by atoms with Crippen molar-refractivity contribution >= 4 is 33.1 Å². The van der Waals surface area contributed by atoms with E-state index in [1.165, 1.54) is 5.00 Å². The number of allylic oxidation sites excluding steroid dienone is 1. The van der Waals surface area contributed by atoms with E-state index in [0.29, 0.717) is 18.9 Å². The second-order valence-corrected chi connectivity index (χ2v) is 9.34. The molecule has 1 aliphatic rings. The number of nitrogens with zero attached hydrogens (tertiary/aromatic N) is 5. The number of anilines is 1. The standard InChI is InChI=1S/C30H23N5OS/c31-20-23(21-32)19-22-11-13-26(14-12-22)33-34-29-27(24-7-3-1-4-8-24)28(25-9-5-2-6-10-25)30(37-29)35-15-17-36-18-16-35/h1-14,19H,15-18H2. The summed E-state index contributed by atoms with van der Waals surface area (Å²) < 4.78 is 5.62. The van der Waals surface area contributed by atoms with Crippen LogP contribution in [0.4, 0.5) is 15.7 Å². The third-order valence-electron chi connectivity index (χ3n) is 6.00. The average molecular weight is 502 g/mol. The summed E-state index contributed by atoms with van der Waals surface area (Å²) in [4.78, 5) is 2.38. The van der Waals surface area contributed by atoms with Crippen LogP contribution in [0.25, 0.3) is 28.3 Å². The molecule has 37 heavy (non-hydrogen) atoms. The number of ether oxygens (including phenoxy) is 1. The van der Waals surface area contributed by atoms with E-state index < -0.39 is 0 Å². The average Bonchev–Trinajstić information content (AvgIpc) is 3.36. The van der Waals surface area contributed by atoms with Crippen molar-refractivity contribution < 1.29 is 4.74 Å². The van der Waals surface area contributed by atoms with Gasteiger partial charge in [0.15, 0.2) is 0 Å². The fourth-order valence-corrected chi connectivity index (χ4v) is 5.43. The zero-order valence-electron chi connectivity index (χ0n) is 20.0. The van der Waals surface area contributed by atoms with E-state index in [1.54, 1.807) is 17.4 Å². The Balaban J connectivity index is 1.60. The van der Waals surface area contributed by atoms with Gasteiger partial charge in [0, 0.05) is 24.2 Å². The van der Waals surface area contributed by atoms with E-state index in [1.807, 2.05) is 60.7 Å². The minimum atomic E-state index is 0.0598. The fraction of sp³-hybridized carbons (Fsp3) is 0.133. The van der Waals surface area contributed by atoms with Gasteiger partial charge in [0.25, 0.3) is 0 Å². The molecule has 0 amide bonds. The monoisotopic (exact) mass is 501 g/mol. The molecule has 1 aromatic heterocycles. The number of hydrogen-bond acceptors (Lipinski definition) is 7. The maximum Gasteiger partial charge on any atom is 0.149 e. The van der Waals surface area contributed by atoms with E-state index >= 15 is 0 Å². The van der Waals surface area contributed by atoms with Crippen LogP contribution < -0.4 is 4.90 Å². The molecule has 1 fully saturated rings. The molecule has 3 aromatic carbocycles. The van der Waals surface area contributed by atoms with Crippen LogP contribution in [0.5, 0.6) is 0 Å². The van der Waals surface area contributed by atoms with Crippen molar-refractivity contribution in [2.75, 3.05) is 31.2 Å². The lowest BCUT2D eigenvalue weighted by Crippen LogP contribution is -2.35. The van der Waals surface area contributed by atoms with Crippen LogP contribution in [0.2, 0.25) is 0 Å². The van der Waals surface area contributed by atoms with Crippen LogP contribution in [0.3, 0.4) is 0 Å². The second-order valence-electron chi connectivity index (χ2n) is 8.37. The van der Waals surface area contributed by atoms with E-state index in [2.05, 4.69) is 46.4 Å². The first-order chi connectivity index (χ1) is 18.3. The molecule has 0 aliphatic carbocycles. The molecule has 4 aromatic rings. The van der Waals surface area contributed by atoms with Crippen LogP contribution in [-0.2, 0) is 4.74 Å². The van der Waals surface area contributed by atoms with E-state index in [4.69, 9.17) is 20.4 Å². The first-order valence-electron chi connectivity index (χ1n) is 11.9. The highest BCUT2D eigenvalue weighted by Crippen LogP contribution is 2.52. The van der Waals surface area contributed by atoms with Crippen LogP contribution in [0.1, 0.15) is 5.56 Å². The third-order valence-corrected chi connectivity index (χ3v) is 7.13. The van der Waals surface area contributed by atoms with Gasteiger partial charge in [-0.3, -0.25) is 0 Å². The van der Waals surface area contributed by atoms with Gasteiger partial charge in [-0.25, -0.2) is 0 Å². The minimum absolute atomic E-state index is 0.0598. The number of hydrogen-bond donors (Lipinski definition) is 0. The predicted octanol–water partition coefficient (Wildman–Crippen LogP) is 7.76. The lowest BCUT2D eigenvalue weighted by Gasteiger charge is -2.28. The molecule has 1 saturated heterocycles. The van der Waals surface area contributed by atoms with E-state index in [0.717, 1.165) is 45.9 Å². The first kappa shape index (κ1) is 24.1. The summed E-state index contributed by atoms with van der Waals surface area (Å²) in [5.74, 6) is 0. The molecule has 0 unspecified atom stereocenters. The zero-order valence-corrected chi connectivity index (χ0v) is 20.9. The van der Waals surface area contributed by atoms with Crippen molar-refractivity contribution in [3.8, 4) is 34.4 Å². The summed E-state index contributed by atoms with van der Waals surface area (Å²) in [7, 11) is 0. The molecule has 7 heteroatoms. The van der Waals surface area contributed by atoms with Gasteiger partial charge in [0.2, 0.25) is 0 Å². The van der Waals surface area contributed by atoms with Crippen molar-refractivity contribution in [2.24, 2.45) is 10.2 Å². The summed E-state index contributed by atoms with van der Waals surface area (Å²) in [6, 6.07) is 31.8. The van der Waals surface area contributed by atoms with Crippen molar-refractivity contribution in [1.82, 2.24) is 0 Å². The summed E-state index contributed by atoms with van der Waals surface area (Å²) in [5.41, 5.74) is 5.97.